The van der Waals surface area contributed by atoms with Crippen molar-refractivity contribution >= 4 is 0 Å². The summed E-state index contributed by atoms with van der Waals surface area (Å²) in [5.41, 5.74) is -0.683. The minimum atomic E-state index is -4.39. The lowest BCUT2D eigenvalue weighted by atomic mass is 10.0. The predicted octanol–water partition coefficient (Wildman–Crippen LogP) is 0.293. The molecule has 9 heteroatoms. The number of rotatable bonds is 1. The third kappa shape index (κ3) is 5.54. The molecule has 21 heavy (non-hydrogen) atoms. The Morgan fingerprint density at radius 2 is 2.00 bits per heavy atom. The van der Waals surface area contributed by atoms with E-state index in [0.717, 1.165) is 0 Å². The fraction of sp³-hybridized carbons (Fsp3) is 0.667. The lowest BCUT2D eigenvalue weighted by Crippen LogP contribution is -2.46. The lowest BCUT2D eigenvalue weighted by molar-refractivity contribution is -0.147. The molecule has 2 rings (SSSR count). The van der Waals surface area contributed by atoms with E-state index in [2.05, 4.69) is 9.97 Å². The minimum absolute atomic E-state index is 0.238. The molecule has 1 aliphatic heterocycles. The first-order valence-corrected chi connectivity index (χ1v) is 6.20. The van der Waals surface area contributed by atoms with E-state index in [-0.39, 0.29) is 12.3 Å². The molecule has 3 atom stereocenters. The first kappa shape index (κ1) is 17.8. The third-order valence-electron chi connectivity index (χ3n) is 2.75. The average molecular weight is 310 g/mol. The summed E-state index contributed by atoms with van der Waals surface area (Å²) in [6.07, 6.45) is -4.26. The summed E-state index contributed by atoms with van der Waals surface area (Å²) >= 11 is 0. The summed E-state index contributed by atoms with van der Waals surface area (Å²) in [6, 6.07) is 0. The van der Waals surface area contributed by atoms with Crippen molar-refractivity contribution in [3.05, 3.63) is 23.8 Å². The zero-order chi connectivity index (χ0) is 16.0. The topological polar surface area (TPSA) is 95.7 Å². The van der Waals surface area contributed by atoms with Gasteiger partial charge in [0, 0.05) is 12.8 Å². The van der Waals surface area contributed by atoms with Crippen molar-refractivity contribution < 1.29 is 33.2 Å². The monoisotopic (exact) mass is 310 g/mol. The number of ether oxygens (including phenoxy) is 1. The summed E-state index contributed by atoms with van der Waals surface area (Å²) in [7, 11) is 0. The van der Waals surface area contributed by atoms with Crippen molar-refractivity contribution in [3.8, 4) is 0 Å². The van der Waals surface area contributed by atoms with Gasteiger partial charge in [0.2, 0.25) is 0 Å². The molecule has 3 unspecified atom stereocenters. The highest BCUT2D eigenvalue weighted by Crippen LogP contribution is 2.26. The average Bonchev–Trinajstić information content (AvgIpc) is 2.42. The van der Waals surface area contributed by atoms with Crippen LogP contribution in [-0.4, -0.2) is 56.8 Å². The molecule has 6 nitrogen and oxygen atoms in total. The van der Waals surface area contributed by atoms with E-state index in [1.807, 2.05) is 0 Å². The fourth-order valence-corrected chi connectivity index (χ4v) is 1.62. The van der Waals surface area contributed by atoms with Gasteiger partial charge < -0.3 is 20.1 Å². The number of hydrogen-bond acceptors (Lipinski definition) is 6. The molecular weight excluding hydrogens is 293 g/mol. The highest BCUT2D eigenvalue weighted by Gasteiger charge is 2.32. The molecule has 0 spiro atoms. The van der Waals surface area contributed by atoms with Crippen molar-refractivity contribution in [3.63, 3.8) is 0 Å². The van der Waals surface area contributed by atoms with E-state index in [1.165, 1.54) is 13.1 Å². The number of nitrogens with zero attached hydrogens (tertiary/aromatic N) is 2. The maximum atomic E-state index is 11.9. The van der Waals surface area contributed by atoms with Gasteiger partial charge in [-0.3, -0.25) is 4.98 Å². The SMILES string of the molecule is Cc1cncc(C(F)(F)F)n1.OCC1OCCC(O)C1O. The number of alkyl halides is 3. The van der Waals surface area contributed by atoms with Crippen molar-refractivity contribution in [1.82, 2.24) is 9.97 Å². The standard InChI is InChI=1S/C6H5F3N2.C6H12O4/c1-4-2-10-3-5(11-4)6(7,8)9;7-3-5-6(9)4(8)1-2-10-5/h2-3H,1H3;4-9H,1-3H2. The zero-order valence-corrected chi connectivity index (χ0v) is 11.3. The van der Waals surface area contributed by atoms with E-state index in [9.17, 15) is 13.2 Å². The van der Waals surface area contributed by atoms with Crippen LogP contribution in [-0.2, 0) is 10.9 Å². The molecular formula is C12H17F3N2O4. The lowest BCUT2D eigenvalue weighted by Gasteiger charge is -2.30. The number of aliphatic hydroxyl groups is 3. The molecule has 0 saturated carbocycles. The molecule has 0 bridgehead atoms. The number of aryl methyl sites for hydroxylation is 1. The largest absolute Gasteiger partial charge is 0.434 e. The van der Waals surface area contributed by atoms with Gasteiger partial charge in [0.15, 0.2) is 5.69 Å². The minimum Gasteiger partial charge on any atom is -0.394 e. The van der Waals surface area contributed by atoms with Crippen LogP contribution in [0.1, 0.15) is 17.8 Å². The van der Waals surface area contributed by atoms with E-state index in [4.69, 9.17) is 20.1 Å². The Hall–Kier alpha value is -1.29. The summed E-state index contributed by atoms with van der Waals surface area (Å²) in [4.78, 5) is 6.63. The normalized spacial score (nSPS) is 26.0. The smallest absolute Gasteiger partial charge is 0.394 e. The molecule has 1 aliphatic rings. The Morgan fingerprint density at radius 1 is 1.33 bits per heavy atom. The maximum Gasteiger partial charge on any atom is 0.434 e. The molecule has 0 aromatic carbocycles. The van der Waals surface area contributed by atoms with Crippen LogP contribution in [0.5, 0.6) is 0 Å². The summed E-state index contributed by atoms with van der Waals surface area (Å²) in [6.45, 7) is 1.63. The Bertz CT molecular complexity index is 445. The van der Waals surface area contributed by atoms with Gasteiger partial charge in [0.1, 0.15) is 12.2 Å². The highest BCUT2D eigenvalue weighted by molar-refractivity contribution is 5.04. The second-order valence-electron chi connectivity index (χ2n) is 4.48. The van der Waals surface area contributed by atoms with E-state index in [0.29, 0.717) is 19.2 Å². The first-order valence-electron chi connectivity index (χ1n) is 6.20. The van der Waals surface area contributed by atoms with Crippen molar-refractivity contribution in [1.29, 1.82) is 0 Å². The van der Waals surface area contributed by atoms with Crippen LogP contribution in [0, 0.1) is 6.92 Å². The van der Waals surface area contributed by atoms with Crippen LogP contribution in [0.25, 0.3) is 0 Å². The molecule has 3 N–H and O–H groups in total. The van der Waals surface area contributed by atoms with E-state index in [1.54, 1.807) is 0 Å². The third-order valence-corrected chi connectivity index (χ3v) is 2.75. The molecule has 120 valence electrons. The van der Waals surface area contributed by atoms with Crippen LogP contribution in [0.3, 0.4) is 0 Å². The molecule has 0 amide bonds. The van der Waals surface area contributed by atoms with Gasteiger partial charge in [-0.25, -0.2) is 4.98 Å². The molecule has 1 aromatic heterocycles. The summed E-state index contributed by atoms with van der Waals surface area (Å²) in [5, 5.41) is 26.7. The fourth-order valence-electron chi connectivity index (χ4n) is 1.62. The maximum absolute atomic E-state index is 11.9. The quantitative estimate of drug-likeness (QED) is 0.690. The Kier molecular flexibility index (Phi) is 6.46. The van der Waals surface area contributed by atoms with Gasteiger partial charge in [-0.2, -0.15) is 13.2 Å². The molecule has 1 aromatic rings. The summed E-state index contributed by atoms with van der Waals surface area (Å²) < 4.78 is 40.5. The number of aliphatic hydroxyl groups excluding tert-OH is 3. The second-order valence-corrected chi connectivity index (χ2v) is 4.48. The van der Waals surface area contributed by atoms with Crippen LogP contribution in [0.4, 0.5) is 13.2 Å². The molecule has 2 heterocycles. The summed E-state index contributed by atoms with van der Waals surface area (Å²) in [5.74, 6) is 0. The molecule has 0 radical (unpaired) electrons. The first-order chi connectivity index (χ1) is 9.75. The van der Waals surface area contributed by atoms with E-state index >= 15 is 0 Å². The van der Waals surface area contributed by atoms with E-state index < -0.39 is 30.2 Å². The number of aromatic nitrogens is 2. The van der Waals surface area contributed by atoms with Crippen LogP contribution < -0.4 is 0 Å². The Labute approximate surface area is 119 Å². The van der Waals surface area contributed by atoms with Gasteiger partial charge in [0.25, 0.3) is 0 Å². The van der Waals surface area contributed by atoms with Crippen molar-refractivity contribution in [2.24, 2.45) is 0 Å². The zero-order valence-electron chi connectivity index (χ0n) is 11.3. The number of halogens is 3. The van der Waals surface area contributed by atoms with Gasteiger partial charge >= 0.3 is 6.18 Å². The van der Waals surface area contributed by atoms with Crippen LogP contribution >= 0.6 is 0 Å². The van der Waals surface area contributed by atoms with Gasteiger partial charge in [0.05, 0.1) is 24.6 Å². The number of hydrogen-bond donors (Lipinski definition) is 3. The predicted molar refractivity (Wildman–Crippen MR) is 65.2 cm³/mol. The molecule has 1 fully saturated rings. The second kappa shape index (κ2) is 7.64. The van der Waals surface area contributed by atoms with Crippen LogP contribution in [0.2, 0.25) is 0 Å². The Morgan fingerprint density at radius 3 is 2.43 bits per heavy atom. The molecule has 1 saturated heterocycles. The van der Waals surface area contributed by atoms with Crippen LogP contribution in [0.15, 0.2) is 12.4 Å². The molecule has 0 aliphatic carbocycles. The van der Waals surface area contributed by atoms with Crippen molar-refractivity contribution in [2.75, 3.05) is 13.2 Å². The van der Waals surface area contributed by atoms with Gasteiger partial charge in [-0.05, 0) is 13.3 Å². The van der Waals surface area contributed by atoms with Crippen molar-refractivity contribution in [2.45, 2.75) is 37.8 Å². The van der Waals surface area contributed by atoms with Gasteiger partial charge in [-0.15, -0.1) is 0 Å². The highest BCUT2D eigenvalue weighted by atomic mass is 19.4. The van der Waals surface area contributed by atoms with Gasteiger partial charge in [-0.1, -0.05) is 0 Å². The Balaban J connectivity index is 0.000000211.